The number of fused-ring (bicyclic) bond motifs is 1. The molecule has 0 saturated heterocycles. The largest absolute Gasteiger partial charge is 0.288 e. The topological polar surface area (TPSA) is 46.2 Å². The Kier molecular flexibility index (Phi) is 2.95. The number of hydrogen-bond acceptors (Lipinski definition) is 2. The van der Waals surface area contributed by atoms with Gasteiger partial charge in [-0.15, -0.1) is 0 Å². The molecule has 0 atom stereocenters. The minimum Gasteiger partial charge on any atom is -0.288 e. The highest BCUT2D eigenvalue weighted by Crippen LogP contribution is 2.23. The summed E-state index contributed by atoms with van der Waals surface area (Å²) >= 11 is 3.43. The molecule has 94 valence electrons. The Morgan fingerprint density at radius 1 is 1.00 bits per heavy atom. The average Bonchev–Trinajstić information content (AvgIpc) is 2.66. The van der Waals surface area contributed by atoms with Crippen molar-refractivity contribution in [3.63, 3.8) is 0 Å². The third-order valence-corrected chi connectivity index (χ3v) is 3.63. The van der Waals surface area contributed by atoms with E-state index in [1.165, 1.54) is 0 Å². The first-order valence-corrected chi connectivity index (χ1v) is 6.66. The Bertz CT molecular complexity index is 694. The van der Waals surface area contributed by atoms with E-state index in [-0.39, 0.29) is 11.8 Å². The Morgan fingerprint density at radius 3 is 2.58 bits per heavy atom. The fourth-order valence-corrected chi connectivity index (χ4v) is 2.75. The van der Waals surface area contributed by atoms with Gasteiger partial charge >= 0.3 is 0 Å². The fraction of sp³-hybridized carbons (Fsp3) is 0.0667. The zero-order chi connectivity index (χ0) is 13.4. The Labute approximate surface area is 118 Å². The fourth-order valence-electron chi connectivity index (χ4n) is 2.30. The van der Waals surface area contributed by atoms with Crippen molar-refractivity contribution in [1.29, 1.82) is 0 Å². The summed E-state index contributed by atoms with van der Waals surface area (Å²) in [6.45, 7) is 0. The Balaban J connectivity index is 2.04. The van der Waals surface area contributed by atoms with Crippen molar-refractivity contribution < 1.29 is 9.59 Å². The lowest BCUT2D eigenvalue weighted by atomic mass is 9.97. The van der Waals surface area contributed by atoms with Crippen LogP contribution in [0.15, 0.2) is 46.9 Å². The summed E-state index contributed by atoms with van der Waals surface area (Å²) in [5.41, 5.74) is 2.94. The normalized spacial score (nSPS) is 13.3. The van der Waals surface area contributed by atoms with Crippen molar-refractivity contribution >= 4 is 27.7 Å². The molecule has 3 rings (SSSR count). The van der Waals surface area contributed by atoms with Crippen molar-refractivity contribution in [2.24, 2.45) is 0 Å². The molecule has 0 radical (unpaired) electrons. The number of imide groups is 1. The van der Waals surface area contributed by atoms with Gasteiger partial charge in [-0.1, -0.05) is 40.2 Å². The molecule has 0 bridgehead atoms. The molecule has 0 saturated carbocycles. The smallest absolute Gasteiger partial charge is 0.259 e. The van der Waals surface area contributed by atoms with Crippen molar-refractivity contribution in [2.75, 3.05) is 0 Å². The van der Waals surface area contributed by atoms with Gasteiger partial charge in [-0.05, 0) is 35.7 Å². The summed E-state index contributed by atoms with van der Waals surface area (Å²) in [5.74, 6) is -0.610. The summed E-state index contributed by atoms with van der Waals surface area (Å²) < 4.78 is 0.998. The summed E-state index contributed by atoms with van der Waals surface area (Å²) in [6, 6.07) is 13.3. The first kappa shape index (κ1) is 12.1. The summed E-state index contributed by atoms with van der Waals surface area (Å²) in [7, 11) is 0. The quantitative estimate of drug-likeness (QED) is 0.866. The molecule has 3 nitrogen and oxygen atoms in total. The molecule has 1 aliphatic heterocycles. The number of hydrogen-bond donors (Lipinski definition) is 1. The van der Waals surface area contributed by atoms with Crippen molar-refractivity contribution in [1.82, 2.24) is 5.32 Å². The predicted molar refractivity (Wildman–Crippen MR) is 75.2 cm³/mol. The minimum absolute atomic E-state index is 0.300. The molecule has 1 aliphatic rings. The summed E-state index contributed by atoms with van der Waals surface area (Å²) in [5, 5.41) is 2.33. The molecule has 4 heteroatoms. The Morgan fingerprint density at radius 2 is 1.79 bits per heavy atom. The molecule has 0 aromatic heterocycles. The minimum atomic E-state index is -0.309. The highest BCUT2D eigenvalue weighted by atomic mass is 79.9. The maximum absolute atomic E-state index is 11.8. The van der Waals surface area contributed by atoms with Crippen molar-refractivity contribution in [2.45, 2.75) is 6.42 Å². The zero-order valence-corrected chi connectivity index (χ0v) is 11.5. The van der Waals surface area contributed by atoms with Gasteiger partial charge in [0, 0.05) is 4.47 Å². The van der Waals surface area contributed by atoms with E-state index in [1.54, 1.807) is 6.07 Å². The van der Waals surface area contributed by atoms with Gasteiger partial charge in [0.05, 0.1) is 11.1 Å². The molecule has 0 spiro atoms. The second kappa shape index (κ2) is 4.63. The number of amides is 2. The predicted octanol–water partition coefficient (Wildman–Crippen LogP) is 2.92. The lowest BCUT2D eigenvalue weighted by molar-refractivity contribution is 0.0879. The number of halogens is 1. The van der Waals surface area contributed by atoms with E-state index in [1.807, 2.05) is 36.4 Å². The van der Waals surface area contributed by atoms with Gasteiger partial charge in [0.25, 0.3) is 11.8 Å². The van der Waals surface area contributed by atoms with E-state index < -0.39 is 0 Å². The monoisotopic (exact) mass is 315 g/mol. The van der Waals surface area contributed by atoms with Gasteiger partial charge in [0.15, 0.2) is 0 Å². The number of rotatable bonds is 2. The maximum atomic E-state index is 11.8. The first-order valence-electron chi connectivity index (χ1n) is 5.87. The van der Waals surface area contributed by atoms with Gasteiger partial charge in [0.2, 0.25) is 0 Å². The standard InChI is InChI=1S/C15H10BrNO2/c16-11-5-1-3-9(8-11)7-10-4-2-6-12-13(10)15(19)17-14(12)18/h1-6,8H,7H2,(H,17,18,19). The maximum Gasteiger partial charge on any atom is 0.259 e. The van der Waals surface area contributed by atoms with E-state index in [4.69, 9.17) is 0 Å². The summed E-state index contributed by atoms with van der Waals surface area (Å²) in [4.78, 5) is 23.4. The molecule has 1 heterocycles. The lowest BCUT2D eigenvalue weighted by Crippen LogP contribution is -2.20. The van der Waals surface area contributed by atoms with Crippen LogP contribution in [0.2, 0.25) is 0 Å². The number of nitrogens with one attached hydrogen (secondary N) is 1. The molecule has 0 aliphatic carbocycles. The van der Waals surface area contributed by atoms with E-state index >= 15 is 0 Å². The van der Waals surface area contributed by atoms with E-state index in [9.17, 15) is 9.59 Å². The van der Waals surface area contributed by atoms with Crippen LogP contribution < -0.4 is 5.32 Å². The highest BCUT2D eigenvalue weighted by molar-refractivity contribution is 9.10. The SMILES string of the molecule is O=C1NC(=O)c2c(Cc3cccc(Br)c3)cccc21. The highest BCUT2D eigenvalue weighted by Gasteiger charge is 2.28. The van der Waals surface area contributed by atoms with Crippen LogP contribution >= 0.6 is 15.9 Å². The van der Waals surface area contributed by atoms with Crippen molar-refractivity contribution in [3.05, 3.63) is 69.2 Å². The molecule has 2 aromatic carbocycles. The van der Waals surface area contributed by atoms with E-state index in [0.29, 0.717) is 17.5 Å². The average molecular weight is 316 g/mol. The van der Waals surface area contributed by atoms with Crippen LogP contribution in [0.3, 0.4) is 0 Å². The van der Waals surface area contributed by atoms with Crippen LogP contribution in [0.25, 0.3) is 0 Å². The molecule has 1 N–H and O–H groups in total. The van der Waals surface area contributed by atoms with Gasteiger partial charge < -0.3 is 0 Å². The van der Waals surface area contributed by atoms with E-state index in [2.05, 4.69) is 21.2 Å². The molecule has 19 heavy (non-hydrogen) atoms. The second-order valence-corrected chi connectivity index (χ2v) is 5.35. The van der Waals surface area contributed by atoms with Crippen LogP contribution in [0, 0.1) is 0 Å². The van der Waals surface area contributed by atoms with Crippen LogP contribution in [0.4, 0.5) is 0 Å². The number of carbonyl (C=O) groups excluding carboxylic acids is 2. The Hall–Kier alpha value is -1.94. The van der Waals surface area contributed by atoms with Crippen LogP contribution in [-0.4, -0.2) is 11.8 Å². The zero-order valence-electron chi connectivity index (χ0n) is 9.94. The van der Waals surface area contributed by atoms with Gasteiger partial charge in [-0.3, -0.25) is 14.9 Å². The summed E-state index contributed by atoms with van der Waals surface area (Å²) in [6.07, 6.45) is 0.628. The van der Waals surface area contributed by atoms with Crippen LogP contribution in [0.1, 0.15) is 31.8 Å². The molecule has 2 aromatic rings. The van der Waals surface area contributed by atoms with Gasteiger partial charge in [-0.2, -0.15) is 0 Å². The first-order chi connectivity index (χ1) is 9.15. The third kappa shape index (κ3) is 2.19. The molecular formula is C15H10BrNO2. The van der Waals surface area contributed by atoms with Crippen LogP contribution in [0.5, 0.6) is 0 Å². The number of carbonyl (C=O) groups is 2. The van der Waals surface area contributed by atoms with E-state index in [0.717, 1.165) is 15.6 Å². The van der Waals surface area contributed by atoms with Gasteiger partial charge in [-0.25, -0.2) is 0 Å². The van der Waals surface area contributed by atoms with Crippen molar-refractivity contribution in [3.8, 4) is 0 Å². The third-order valence-electron chi connectivity index (χ3n) is 3.13. The van der Waals surface area contributed by atoms with Gasteiger partial charge in [0.1, 0.15) is 0 Å². The molecular weight excluding hydrogens is 306 g/mol. The molecule has 2 amide bonds. The second-order valence-electron chi connectivity index (χ2n) is 4.43. The lowest BCUT2D eigenvalue weighted by Gasteiger charge is -2.06. The number of benzene rings is 2. The molecule has 0 unspecified atom stereocenters. The van der Waals surface area contributed by atoms with Crippen LogP contribution in [-0.2, 0) is 6.42 Å². The molecule has 0 fully saturated rings.